The third kappa shape index (κ3) is 7.32. The average molecular weight is 754 g/mol. The molecule has 1 amide bonds. The second kappa shape index (κ2) is 13.3. The number of rotatable bonds is 10. The lowest BCUT2D eigenvalue weighted by atomic mass is 10.1. The molecular formula is C27H19N3O15S4. The number of para-hydroxylation sites is 1. The lowest BCUT2D eigenvalue weighted by Crippen LogP contribution is -2.12. The topological polar surface area (TPSA) is 296 Å². The number of amides is 1. The first-order valence-corrected chi connectivity index (χ1v) is 18.0. The third-order valence-corrected chi connectivity index (χ3v) is 9.98. The molecule has 18 nitrogen and oxygen atoms in total. The summed E-state index contributed by atoms with van der Waals surface area (Å²) in [6, 6.07) is 13.5. The van der Waals surface area contributed by atoms with Crippen molar-refractivity contribution in [3.8, 4) is 11.5 Å². The first-order chi connectivity index (χ1) is 22.9. The van der Waals surface area contributed by atoms with Gasteiger partial charge in [0.1, 0.15) is 31.8 Å². The zero-order valence-corrected chi connectivity index (χ0v) is 27.1. The largest absolute Gasteiger partial charge is 0.507 e. The Balaban J connectivity index is 1.77. The van der Waals surface area contributed by atoms with Crippen LogP contribution >= 0.6 is 12.0 Å². The van der Waals surface area contributed by atoms with E-state index in [-0.39, 0.29) is 32.3 Å². The highest BCUT2D eigenvalue weighted by Crippen LogP contribution is 2.46. The highest BCUT2D eigenvalue weighted by atomic mass is 32.2. The van der Waals surface area contributed by atoms with E-state index in [1.807, 2.05) is 0 Å². The van der Waals surface area contributed by atoms with Gasteiger partial charge in [-0.1, -0.05) is 35.4 Å². The van der Waals surface area contributed by atoms with E-state index >= 15 is 0 Å². The molecule has 0 heterocycles. The van der Waals surface area contributed by atoms with Gasteiger partial charge in [0.25, 0.3) is 36.3 Å². The van der Waals surface area contributed by atoms with Gasteiger partial charge in [-0.05, 0) is 47.9 Å². The van der Waals surface area contributed by atoms with Crippen molar-refractivity contribution < 1.29 is 68.5 Å². The Hall–Kier alpha value is -4.75. The van der Waals surface area contributed by atoms with Crippen molar-refractivity contribution in [1.29, 1.82) is 0 Å². The Morgan fingerprint density at radius 2 is 1.45 bits per heavy atom. The van der Waals surface area contributed by atoms with Gasteiger partial charge in [-0.25, -0.2) is 5.26 Å². The Kier molecular flexibility index (Phi) is 9.64. The summed E-state index contributed by atoms with van der Waals surface area (Å²) in [7, 11) is -15.4. The molecule has 0 aromatic heterocycles. The van der Waals surface area contributed by atoms with E-state index in [4.69, 9.17) is 5.26 Å². The summed E-state index contributed by atoms with van der Waals surface area (Å²) < 4.78 is 108. The highest BCUT2D eigenvalue weighted by Gasteiger charge is 2.27. The van der Waals surface area contributed by atoms with Crippen molar-refractivity contribution in [2.45, 2.75) is 19.6 Å². The molecule has 5 rings (SSSR count). The summed E-state index contributed by atoms with van der Waals surface area (Å²) in [4.78, 5) is 10.3. The van der Waals surface area contributed by atoms with Gasteiger partial charge in [0, 0.05) is 21.1 Å². The molecular weight excluding hydrogens is 735 g/mol. The second-order valence-electron chi connectivity index (χ2n) is 9.73. The number of phenolic OH excluding ortho intramolecular Hbond substituents is 2. The van der Waals surface area contributed by atoms with Crippen LogP contribution in [0.2, 0.25) is 0 Å². The van der Waals surface area contributed by atoms with Crippen LogP contribution < -0.4 is 5.32 Å². The maximum atomic E-state index is 13.1. The normalized spacial score (nSPS) is 12.6. The van der Waals surface area contributed by atoms with E-state index in [1.54, 1.807) is 0 Å². The number of phenols is 2. The van der Waals surface area contributed by atoms with Crippen LogP contribution in [0.5, 0.6) is 11.5 Å². The molecule has 256 valence electrons. The second-order valence-corrected chi connectivity index (χ2v) is 14.6. The molecule has 22 heteroatoms. The molecule has 0 radical (unpaired) electrons. The van der Waals surface area contributed by atoms with Crippen molar-refractivity contribution in [1.82, 2.24) is 0 Å². The number of anilines is 1. The van der Waals surface area contributed by atoms with Crippen LogP contribution in [0.4, 0.5) is 17.1 Å². The predicted molar refractivity (Wildman–Crippen MR) is 170 cm³/mol. The SMILES string of the molecule is O=C(Nc1cc(SOOO)cc2cc(S(=O)(=O)O)c(N=Nc3ccc4c(S(=O)(=O)O)cccc4c3S(=O)(=O)O)c(O)c12)c1ccccc1O. The van der Waals surface area contributed by atoms with Gasteiger partial charge in [0.05, 0.1) is 23.3 Å². The van der Waals surface area contributed by atoms with E-state index < -0.39 is 79.2 Å². The average Bonchev–Trinajstić information content (AvgIpc) is 3.01. The van der Waals surface area contributed by atoms with Crippen LogP contribution in [0.15, 0.2) is 103 Å². The highest BCUT2D eigenvalue weighted by molar-refractivity contribution is 7.94. The fraction of sp³-hybridized carbons (Fsp3) is 0. The zero-order valence-electron chi connectivity index (χ0n) is 23.8. The molecule has 0 aliphatic heterocycles. The van der Waals surface area contributed by atoms with E-state index in [2.05, 4.69) is 24.9 Å². The first kappa shape index (κ1) is 35.6. The minimum atomic E-state index is -5.26. The van der Waals surface area contributed by atoms with Crippen molar-refractivity contribution in [2.24, 2.45) is 10.2 Å². The summed E-state index contributed by atoms with van der Waals surface area (Å²) in [5.74, 6) is -2.38. The molecule has 7 N–H and O–H groups in total. The van der Waals surface area contributed by atoms with Crippen molar-refractivity contribution >= 4 is 86.9 Å². The minimum absolute atomic E-state index is 0.0300. The minimum Gasteiger partial charge on any atom is -0.507 e. The van der Waals surface area contributed by atoms with Crippen molar-refractivity contribution in [2.75, 3.05) is 5.32 Å². The Bertz CT molecular complexity index is 2540. The molecule has 0 saturated carbocycles. The van der Waals surface area contributed by atoms with E-state index in [9.17, 15) is 53.9 Å². The predicted octanol–water partition coefficient (Wildman–Crippen LogP) is 5.24. The third-order valence-electron chi connectivity index (χ3n) is 6.70. The van der Waals surface area contributed by atoms with Gasteiger partial charge < -0.3 is 15.5 Å². The maximum Gasteiger partial charge on any atom is 0.297 e. The fourth-order valence-electron chi connectivity index (χ4n) is 4.78. The van der Waals surface area contributed by atoms with Crippen LogP contribution in [0.3, 0.4) is 0 Å². The molecule has 49 heavy (non-hydrogen) atoms. The number of carbonyl (C=O) groups is 1. The standard InChI is InChI=1S/C27H19N3O15S4/c31-20-6-2-1-4-17(20)27(33)28-19-12-14(46-45-44-34)10-13-11-22(48(38,39)40)24(25(32)23(13)19)30-29-18-9-8-15-16(26(18)49(41,42)43)5-3-7-21(15)47(35,36)37/h1-12,31-32,34H,(H,28,33)(H,35,36,37)(H,38,39,40)(H,41,42,43). The van der Waals surface area contributed by atoms with Crippen LogP contribution in [0.25, 0.3) is 21.5 Å². The quantitative estimate of drug-likeness (QED) is 0.0315. The number of carbonyl (C=O) groups excluding carboxylic acids is 1. The number of hydrogen-bond acceptors (Lipinski definition) is 15. The van der Waals surface area contributed by atoms with Crippen LogP contribution in [-0.2, 0) is 39.7 Å². The summed E-state index contributed by atoms with van der Waals surface area (Å²) in [5.41, 5.74) is -2.18. The van der Waals surface area contributed by atoms with E-state index in [0.717, 1.165) is 36.4 Å². The smallest absolute Gasteiger partial charge is 0.297 e. The lowest BCUT2D eigenvalue weighted by Gasteiger charge is -2.15. The summed E-state index contributed by atoms with van der Waals surface area (Å²) in [5, 5.41) is 42.2. The number of nitrogens with one attached hydrogen (secondary N) is 1. The molecule has 0 aliphatic rings. The van der Waals surface area contributed by atoms with Gasteiger partial charge >= 0.3 is 0 Å². The van der Waals surface area contributed by atoms with Crippen LogP contribution in [0.1, 0.15) is 10.4 Å². The number of fused-ring (bicyclic) bond motifs is 2. The maximum absolute atomic E-state index is 13.1. The van der Waals surface area contributed by atoms with Crippen LogP contribution in [-0.4, -0.2) is 60.3 Å². The summed E-state index contributed by atoms with van der Waals surface area (Å²) in [6.07, 6.45) is 0. The number of azo groups is 1. The molecule has 0 atom stereocenters. The van der Waals surface area contributed by atoms with Crippen molar-refractivity contribution in [3.63, 3.8) is 0 Å². The van der Waals surface area contributed by atoms with Crippen molar-refractivity contribution in [3.05, 3.63) is 78.4 Å². The molecule has 0 saturated heterocycles. The van der Waals surface area contributed by atoms with Gasteiger partial charge in [-0.2, -0.15) is 25.3 Å². The zero-order chi connectivity index (χ0) is 35.9. The molecule has 5 aromatic carbocycles. The van der Waals surface area contributed by atoms with E-state index in [0.29, 0.717) is 12.0 Å². The molecule has 0 bridgehead atoms. The number of hydrogen-bond donors (Lipinski definition) is 7. The van der Waals surface area contributed by atoms with Gasteiger partial charge in [0.15, 0.2) is 5.75 Å². The molecule has 0 unspecified atom stereocenters. The Labute approximate surface area is 279 Å². The summed E-state index contributed by atoms with van der Waals surface area (Å²) in [6.45, 7) is 0. The summed E-state index contributed by atoms with van der Waals surface area (Å²) >= 11 is 0.371. The number of benzene rings is 5. The Morgan fingerprint density at radius 3 is 2.08 bits per heavy atom. The van der Waals surface area contributed by atoms with Crippen LogP contribution in [0, 0.1) is 0 Å². The lowest BCUT2D eigenvalue weighted by molar-refractivity contribution is -0.432. The monoisotopic (exact) mass is 753 g/mol. The molecule has 0 fully saturated rings. The number of nitrogens with zero attached hydrogens (tertiary/aromatic N) is 2. The molecule has 0 spiro atoms. The molecule has 5 aromatic rings. The first-order valence-electron chi connectivity index (χ1n) is 12.9. The fourth-order valence-corrected chi connectivity index (χ4v) is 7.42. The van der Waals surface area contributed by atoms with Gasteiger partial charge in [-0.15, -0.1) is 14.6 Å². The van der Waals surface area contributed by atoms with Gasteiger partial charge in [-0.3, -0.25) is 18.5 Å². The number of aromatic hydroxyl groups is 2. The van der Waals surface area contributed by atoms with E-state index in [1.165, 1.54) is 36.4 Å². The Morgan fingerprint density at radius 1 is 0.755 bits per heavy atom. The van der Waals surface area contributed by atoms with Gasteiger partial charge in [0.2, 0.25) is 0 Å². The molecule has 0 aliphatic carbocycles.